The van der Waals surface area contributed by atoms with E-state index in [1.54, 1.807) is 4.90 Å². The molecule has 0 bridgehead atoms. The first kappa shape index (κ1) is 13.3. The summed E-state index contributed by atoms with van der Waals surface area (Å²) in [4.78, 5) is 26.9. The van der Waals surface area contributed by atoms with Crippen LogP contribution in [0.1, 0.15) is 32.6 Å². The Hall–Kier alpha value is -1.10. The van der Waals surface area contributed by atoms with Crippen molar-refractivity contribution in [2.45, 2.75) is 38.6 Å². The minimum Gasteiger partial charge on any atom is -0.481 e. The number of likely N-dealkylation sites (tertiary alicyclic amines) is 2. The highest BCUT2D eigenvalue weighted by Crippen LogP contribution is 2.21. The first-order valence-electron chi connectivity index (χ1n) is 6.82. The van der Waals surface area contributed by atoms with Gasteiger partial charge in [-0.05, 0) is 32.9 Å². The summed E-state index contributed by atoms with van der Waals surface area (Å²) in [5.41, 5.74) is 0. The second-order valence-electron chi connectivity index (χ2n) is 5.50. The number of hydrogen-bond acceptors (Lipinski definition) is 3. The summed E-state index contributed by atoms with van der Waals surface area (Å²) in [6, 6.07) is 0.125. The smallest absolute Gasteiger partial charge is 0.308 e. The van der Waals surface area contributed by atoms with Gasteiger partial charge in [-0.25, -0.2) is 0 Å². The summed E-state index contributed by atoms with van der Waals surface area (Å²) >= 11 is 0. The standard InChI is InChI=1S/C13H22N2O3/c1-10(8-14-5-3-2-4-6-14)15-9-11(13(17)18)7-12(15)16/h10-11H,2-9H2,1H3,(H,17,18). The lowest BCUT2D eigenvalue weighted by atomic mass is 10.1. The predicted molar refractivity (Wildman–Crippen MR) is 67.2 cm³/mol. The van der Waals surface area contributed by atoms with Crippen LogP contribution in [0.3, 0.4) is 0 Å². The molecule has 2 aliphatic rings. The van der Waals surface area contributed by atoms with Gasteiger partial charge in [-0.2, -0.15) is 0 Å². The van der Waals surface area contributed by atoms with Crippen LogP contribution < -0.4 is 0 Å². The molecule has 1 N–H and O–H groups in total. The van der Waals surface area contributed by atoms with Crippen LogP contribution in [-0.4, -0.2) is 59.0 Å². The first-order valence-corrected chi connectivity index (χ1v) is 6.82. The molecular formula is C13H22N2O3. The molecule has 2 aliphatic heterocycles. The Kier molecular flexibility index (Phi) is 4.22. The monoisotopic (exact) mass is 254 g/mol. The lowest BCUT2D eigenvalue weighted by Crippen LogP contribution is -2.44. The Morgan fingerprint density at radius 2 is 2.06 bits per heavy atom. The van der Waals surface area contributed by atoms with Crippen molar-refractivity contribution in [2.75, 3.05) is 26.2 Å². The Labute approximate surface area is 108 Å². The van der Waals surface area contributed by atoms with Crippen LogP contribution in [0.25, 0.3) is 0 Å². The van der Waals surface area contributed by atoms with Crippen molar-refractivity contribution in [1.82, 2.24) is 9.80 Å². The third-order valence-corrected chi connectivity index (χ3v) is 4.01. The first-order chi connectivity index (χ1) is 8.58. The summed E-state index contributed by atoms with van der Waals surface area (Å²) in [6.45, 7) is 5.49. The van der Waals surface area contributed by atoms with Crippen LogP contribution in [0.4, 0.5) is 0 Å². The van der Waals surface area contributed by atoms with Crippen molar-refractivity contribution in [3.63, 3.8) is 0 Å². The maximum Gasteiger partial charge on any atom is 0.308 e. The van der Waals surface area contributed by atoms with E-state index < -0.39 is 11.9 Å². The fourth-order valence-electron chi connectivity index (χ4n) is 2.94. The Morgan fingerprint density at radius 1 is 1.39 bits per heavy atom. The molecule has 0 aromatic heterocycles. The molecule has 0 radical (unpaired) electrons. The molecule has 0 aliphatic carbocycles. The summed E-state index contributed by atoms with van der Waals surface area (Å²) in [5, 5.41) is 8.96. The summed E-state index contributed by atoms with van der Waals surface area (Å²) < 4.78 is 0. The number of hydrogen-bond donors (Lipinski definition) is 1. The molecule has 5 nitrogen and oxygen atoms in total. The number of rotatable bonds is 4. The van der Waals surface area contributed by atoms with Gasteiger partial charge in [0.1, 0.15) is 0 Å². The molecule has 0 aromatic carbocycles. The van der Waals surface area contributed by atoms with Crippen LogP contribution in [0.2, 0.25) is 0 Å². The number of amides is 1. The van der Waals surface area contributed by atoms with E-state index in [1.807, 2.05) is 6.92 Å². The summed E-state index contributed by atoms with van der Waals surface area (Å²) in [7, 11) is 0. The number of piperidine rings is 1. The number of carboxylic acids is 1. The highest BCUT2D eigenvalue weighted by atomic mass is 16.4. The zero-order chi connectivity index (χ0) is 13.1. The van der Waals surface area contributed by atoms with E-state index in [1.165, 1.54) is 19.3 Å². The van der Waals surface area contributed by atoms with Crippen molar-refractivity contribution in [2.24, 2.45) is 5.92 Å². The molecule has 2 rings (SSSR count). The average molecular weight is 254 g/mol. The van der Waals surface area contributed by atoms with Crippen LogP contribution in [-0.2, 0) is 9.59 Å². The zero-order valence-electron chi connectivity index (χ0n) is 11.0. The van der Waals surface area contributed by atoms with Gasteiger partial charge >= 0.3 is 5.97 Å². The van der Waals surface area contributed by atoms with E-state index in [0.29, 0.717) is 6.54 Å². The van der Waals surface area contributed by atoms with E-state index in [2.05, 4.69) is 4.90 Å². The molecule has 2 heterocycles. The van der Waals surface area contributed by atoms with Gasteiger partial charge in [0.2, 0.25) is 5.91 Å². The van der Waals surface area contributed by atoms with Gasteiger partial charge in [-0.3, -0.25) is 9.59 Å². The second-order valence-corrected chi connectivity index (χ2v) is 5.50. The molecule has 0 spiro atoms. The molecule has 1 amide bonds. The molecule has 2 atom stereocenters. The average Bonchev–Trinajstić information content (AvgIpc) is 2.73. The lowest BCUT2D eigenvalue weighted by Gasteiger charge is -2.33. The van der Waals surface area contributed by atoms with Gasteiger partial charge in [0.25, 0.3) is 0 Å². The Bertz CT molecular complexity index is 326. The molecule has 5 heteroatoms. The zero-order valence-corrected chi connectivity index (χ0v) is 11.0. The fourth-order valence-corrected chi connectivity index (χ4v) is 2.94. The highest BCUT2D eigenvalue weighted by Gasteiger charge is 2.36. The number of nitrogens with zero attached hydrogens (tertiary/aromatic N) is 2. The van der Waals surface area contributed by atoms with Gasteiger partial charge in [-0.1, -0.05) is 6.42 Å². The van der Waals surface area contributed by atoms with E-state index in [4.69, 9.17) is 5.11 Å². The van der Waals surface area contributed by atoms with Crippen molar-refractivity contribution in [3.05, 3.63) is 0 Å². The van der Waals surface area contributed by atoms with Crippen LogP contribution >= 0.6 is 0 Å². The molecular weight excluding hydrogens is 232 g/mol. The van der Waals surface area contributed by atoms with Crippen molar-refractivity contribution in [1.29, 1.82) is 0 Å². The highest BCUT2D eigenvalue weighted by molar-refractivity contribution is 5.86. The van der Waals surface area contributed by atoms with Gasteiger partial charge < -0.3 is 14.9 Å². The van der Waals surface area contributed by atoms with Crippen LogP contribution in [0, 0.1) is 5.92 Å². The van der Waals surface area contributed by atoms with Gasteiger partial charge in [0.05, 0.1) is 5.92 Å². The Morgan fingerprint density at radius 3 is 2.61 bits per heavy atom. The fraction of sp³-hybridized carbons (Fsp3) is 0.846. The van der Waals surface area contributed by atoms with E-state index in [-0.39, 0.29) is 18.4 Å². The van der Waals surface area contributed by atoms with Crippen molar-refractivity contribution < 1.29 is 14.7 Å². The molecule has 0 aromatic rings. The maximum atomic E-state index is 11.8. The molecule has 18 heavy (non-hydrogen) atoms. The van der Waals surface area contributed by atoms with Gasteiger partial charge in [0.15, 0.2) is 0 Å². The molecule has 2 unspecified atom stereocenters. The number of carboxylic acid groups (broad SMARTS) is 1. The third kappa shape index (κ3) is 3.02. The number of aliphatic carboxylic acids is 1. The Balaban J connectivity index is 1.86. The SMILES string of the molecule is CC(CN1CCCCC1)N1CC(C(=O)O)CC1=O. The van der Waals surface area contributed by atoms with E-state index in [0.717, 1.165) is 19.6 Å². The largest absolute Gasteiger partial charge is 0.481 e. The number of carbonyl (C=O) groups excluding carboxylic acids is 1. The maximum absolute atomic E-state index is 11.8. The third-order valence-electron chi connectivity index (χ3n) is 4.01. The minimum absolute atomic E-state index is 0.00749. The summed E-state index contributed by atoms with van der Waals surface area (Å²) in [6.07, 6.45) is 3.94. The molecule has 2 fully saturated rings. The van der Waals surface area contributed by atoms with Crippen molar-refractivity contribution in [3.8, 4) is 0 Å². The normalized spacial score (nSPS) is 27.5. The predicted octanol–water partition coefficient (Wildman–Crippen LogP) is 0.794. The molecule has 2 saturated heterocycles. The molecule has 102 valence electrons. The lowest BCUT2D eigenvalue weighted by molar-refractivity contribution is -0.141. The number of carbonyl (C=O) groups is 2. The van der Waals surface area contributed by atoms with Gasteiger partial charge in [-0.15, -0.1) is 0 Å². The van der Waals surface area contributed by atoms with Crippen LogP contribution in [0.15, 0.2) is 0 Å². The second kappa shape index (κ2) is 5.69. The van der Waals surface area contributed by atoms with E-state index >= 15 is 0 Å². The van der Waals surface area contributed by atoms with Gasteiger partial charge in [0, 0.05) is 25.6 Å². The van der Waals surface area contributed by atoms with Crippen molar-refractivity contribution >= 4 is 11.9 Å². The van der Waals surface area contributed by atoms with E-state index in [9.17, 15) is 9.59 Å². The van der Waals surface area contributed by atoms with Crippen LogP contribution in [0.5, 0.6) is 0 Å². The molecule has 0 saturated carbocycles. The quantitative estimate of drug-likeness (QED) is 0.806. The topological polar surface area (TPSA) is 60.9 Å². The summed E-state index contributed by atoms with van der Waals surface area (Å²) in [5.74, 6) is -1.37. The minimum atomic E-state index is -0.851.